The van der Waals surface area contributed by atoms with E-state index >= 15 is 0 Å². The van der Waals surface area contributed by atoms with Gasteiger partial charge in [-0.05, 0) is 24.1 Å². The minimum absolute atomic E-state index is 0. The number of benzene rings is 1. The van der Waals surface area contributed by atoms with Crippen molar-refractivity contribution in [2.45, 2.75) is 24.8 Å². The van der Waals surface area contributed by atoms with Gasteiger partial charge in [0.2, 0.25) is 0 Å². The van der Waals surface area contributed by atoms with E-state index in [1.165, 1.54) is 12.1 Å². The van der Waals surface area contributed by atoms with Gasteiger partial charge in [0, 0.05) is 11.5 Å². The summed E-state index contributed by atoms with van der Waals surface area (Å²) in [4.78, 5) is 0. The molecule has 1 aliphatic rings. The van der Waals surface area contributed by atoms with Crippen molar-refractivity contribution in [1.29, 1.82) is 0 Å². The first kappa shape index (κ1) is 10.5. The summed E-state index contributed by atoms with van der Waals surface area (Å²) in [5.74, 6) is -0.184. The third-order valence-corrected chi connectivity index (χ3v) is 2.81. The molecule has 0 radical (unpaired) electrons. The van der Waals surface area contributed by atoms with Crippen LogP contribution in [-0.2, 0) is 5.41 Å². The van der Waals surface area contributed by atoms with Gasteiger partial charge in [0.15, 0.2) is 0 Å². The van der Waals surface area contributed by atoms with E-state index < -0.39 is 0 Å². The van der Waals surface area contributed by atoms with E-state index in [1.807, 2.05) is 12.1 Å². The lowest BCUT2D eigenvalue weighted by Gasteiger charge is -2.08. The molecule has 1 aromatic rings. The van der Waals surface area contributed by atoms with E-state index in [0.29, 0.717) is 0 Å². The highest BCUT2D eigenvalue weighted by atomic mass is 35.5. The Bertz CT molecular complexity index is 298. The number of rotatable bonds is 1. The third-order valence-electron chi connectivity index (χ3n) is 2.81. The Morgan fingerprint density at radius 1 is 1.38 bits per heavy atom. The molecule has 2 rings (SSSR count). The van der Waals surface area contributed by atoms with Gasteiger partial charge in [-0.2, -0.15) is 0 Å². The Hall–Kier alpha value is -0.600. The maximum atomic E-state index is 12.6. The molecule has 0 heterocycles. The maximum absolute atomic E-state index is 12.6. The Kier molecular flexibility index (Phi) is 2.64. The Labute approximate surface area is 83.5 Å². The van der Waals surface area contributed by atoms with Crippen molar-refractivity contribution in [2.75, 3.05) is 0 Å². The SMILES string of the molecule is CC1(c2ccc(F)cc2)CC1N.Cl. The van der Waals surface area contributed by atoms with Crippen molar-refractivity contribution < 1.29 is 4.39 Å². The summed E-state index contributed by atoms with van der Waals surface area (Å²) in [5, 5.41) is 0. The van der Waals surface area contributed by atoms with E-state index in [0.717, 1.165) is 12.0 Å². The summed E-state index contributed by atoms with van der Waals surface area (Å²) < 4.78 is 12.6. The molecule has 0 saturated heterocycles. The molecule has 0 bridgehead atoms. The molecule has 0 amide bonds. The predicted octanol–water partition coefficient (Wildman–Crippen LogP) is 2.24. The fourth-order valence-corrected chi connectivity index (χ4v) is 1.56. The van der Waals surface area contributed by atoms with Crippen LogP contribution in [-0.4, -0.2) is 6.04 Å². The average Bonchev–Trinajstić information content (AvgIpc) is 2.62. The quantitative estimate of drug-likeness (QED) is 0.741. The van der Waals surface area contributed by atoms with Crippen LogP contribution in [0.15, 0.2) is 24.3 Å². The summed E-state index contributed by atoms with van der Waals surface area (Å²) in [7, 11) is 0. The molecule has 13 heavy (non-hydrogen) atoms. The molecule has 1 aromatic carbocycles. The van der Waals surface area contributed by atoms with Gasteiger partial charge in [0.1, 0.15) is 5.82 Å². The van der Waals surface area contributed by atoms with E-state index in [4.69, 9.17) is 5.73 Å². The van der Waals surface area contributed by atoms with Crippen LogP contribution in [0.25, 0.3) is 0 Å². The maximum Gasteiger partial charge on any atom is 0.123 e. The first-order valence-electron chi connectivity index (χ1n) is 4.14. The van der Waals surface area contributed by atoms with Crippen LogP contribution in [0.3, 0.4) is 0 Å². The Morgan fingerprint density at radius 2 is 1.85 bits per heavy atom. The highest BCUT2D eigenvalue weighted by Crippen LogP contribution is 2.46. The fourth-order valence-electron chi connectivity index (χ4n) is 1.56. The van der Waals surface area contributed by atoms with Crippen LogP contribution in [0.5, 0.6) is 0 Å². The Balaban J connectivity index is 0.000000845. The smallest absolute Gasteiger partial charge is 0.123 e. The number of hydrogen-bond acceptors (Lipinski definition) is 1. The van der Waals surface area contributed by atoms with E-state index in [-0.39, 0.29) is 29.7 Å². The summed E-state index contributed by atoms with van der Waals surface area (Å²) in [6.07, 6.45) is 1.01. The van der Waals surface area contributed by atoms with E-state index in [9.17, 15) is 4.39 Å². The van der Waals surface area contributed by atoms with Crippen molar-refractivity contribution in [3.05, 3.63) is 35.6 Å². The second kappa shape index (κ2) is 3.28. The van der Waals surface area contributed by atoms with Gasteiger partial charge in [-0.25, -0.2) is 4.39 Å². The second-order valence-electron chi connectivity index (χ2n) is 3.73. The normalized spacial score (nSPS) is 30.8. The second-order valence-corrected chi connectivity index (χ2v) is 3.73. The molecule has 0 spiro atoms. The van der Waals surface area contributed by atoms with Gasteiger partial charge in [-0.3, -0.25) is 0 Å². The van der Waals surface area contributed by atoms with E-state index in [2.05, 4.69) is 6.92 Å². The molecule has 2 N–H and O–H groups in total. The van der Waals surface area contributed by atoms with Gasteiger partial charge in [-0.1, -0.05) is 19.1 Å². The zero-order valence-electron chi connectivity index (χ0n) is 7.46. The van der Waals surface area contributed by atoms with Crippen LogP contribution in [0.1, 0.15) is 18.9 Å². The predicted molar refractivity (Wildman–Crippen MR) is 53.6 cm³/mol. The van der Waals surface area contributed by atoms with Gasteiger partial charge in [0.25, 0.3) is 0 Å². The highest BCUT2D eigenvalue weighted by molar-refractivity contribution is 5.85. The van der Waals surface area contributed by atoms with Crippen LogP contribution < -0.4 is 5.73 Å². The van der Waals surface area contributed by atoms with Crippen molar-refractivity contribution >= 4 is 12.4 Å². The minimum atomic E-state index is -0.184. The molecule has 0 aromatic heterocycles. The van der Waals surface area contributed by atoms with Gasteiger partial charge in [0.05, 0.1) is 0 Å². The number of nitrogens with two attached hydrogens (primary N) is 1. The zero-order valence-corrected chi connectivity index (χ0v) is 8.27. The molecule has 1 fully saturated rings. The Morgan fingerprint density at radius 3 is 2.23 bits per heavy atom. The zero-order chi connectivity index (χ0) is 8.77. The largest absolute Gasteiger partial charge is 0.327 e. The molecular weight excluding hydrogens is 189 g/mol. The van der Waals surface area contributed by atoms with Crippen LogP contribution in [0.4, 0.5) is 4.39 Å². The van der Waals surface area contributed by atoms with E-state index in [1.54, 1.807) is 0 Å². The number of hydrogen-bond donors (Lipinski definition) is 1. The van der Waals surface area contributed by atoms with Crippen molar-refractivity contribution in [2.24, 2.45) is 5.73 Å². The third kappa shape index (κ3) is 1.69. The van der Waals surface area contributed by atoms with Crippen molar-refractivity contribution in [3.8, 4) is 0 Å². The lowest BCUT2D eigenvalue weighted by Crippen LogP contribution is -2.14. The molecule has 1 aliphatic carbocycles. The van der Waals surface area contributed by atoms with Crippen molar-refractivity contribution in [3.63, 3.8) is 0 Å². The van der Waals surface area contributed by atoms with Crippen LogP contribution in [0, 0.1) is 5.82 Å². The van der Waals surface area contributed by atoms with Crippen LogP contribution >= 0.6 is 12.4 Å². The number of halogens is 2. The van der Waals surface area contributed by atoms with Gasteiger partial charge < -0.3 is 5.73 Å². The highest BCUT2D eigenvalue weighted by Gasteiger charge is 2.48. The topological polar surface area (TPSA) is 26.0 Å². The molecule has 72 valence electrons. The first-order chi connectivity index (χ1) is 5.63. The molecule has 3 heteroatoms. The summed E-state index contributed by atoms with van der Waals surface area (Å²) in [5.41, 5.74) is 7.03. The lowest BCUT2D eigenvalue weighted by molar-refractivity contribution is 0.624. The molecule has 2 atom stereocenters. The molecule has 1 saturated carbocycles. The molecule has 0 aliphatic heterocycles. The molecule has 1 nitrogen and oxygen atoms in total. The first-order valence-corrected chi connectivity index (χ1v) is 4.14. The summed E-state index contributed by atoms with van der Waals surface area (Å²) in [6, 6.07) is 6.88. The minimum Gasteiger partial charge on any atom is -0.327 e. The van der Waals surface area contributed by atoms with Gasteiger partial charge in [-0.15, -0.1) is 12.4 Å². The monoisotopic (exact) mass is 201 g/mol. The molecular formula is C10H13ClFN. The van der Waals surface area contributed by atoms with Crippen molar-refractivity contribution in [1.82, 2.24) is 0 Å². The molecule has 2 unspecified atom stereocenters. The van der Waals surface area contributed by atoms with Crippen LogP contribution in [0.2, 0.25) is 0 Å². The average molecular weight is 202 g/mol. The lowest BCUT2D eigenvalue weighted by atomic mass is 9.98. The summed E-state index contributed by atoms with van der Waals surface area (Å²) in [6.45, 7) is 2.12. The summed E-state index contributed by atoms with van der Waals surface area (Å²) >= 11 is 0. The van der Waals surface area contributed by atoms with Gasteiger partial charge >= 0.3 is 0 Å². The standard InChI is InChI=1S/C10H12FN.ClH/c1-10(6-9(10)12)7-2-4-8(11)5-3-7;/h2-5,9H,6,12H2,1H3;1H. The fraction of sp³-hybridized carbons (Fsp3) is 0.400.